The second kappa shape index (κ2) is 8.21. The van der Waals surface area contributed by atoms with Crippen LogP contribution in [0.5, 0.6) is 5.75 Å². The van der Waals surface area contributed by atoms with Crippen molar-refractivity contribution in [2.75, 3.05) is 17.7 Å². The van der Waals surface area contributed by atoms with Gasteiger partial charge in [0, 0.05) is 11.3 Å². The van der Waals surface area contributed by atoms with E-state index in [4.69, 9.17) is 4.74 Å². The van der Waals surface area contributed by atoms with Crippen molar-refractivity contribution < 1.29 is 9.53 Å². The Morgan fingerprint density at radius 2 is 1.46 bits per heavy atom. The van der Waals surface area contributed by atoms with Crippen molar-refractivity contribution in [1.29, 1.82) is 0 Å². The molecular weight excluding hydrogens is 324 g/mol. The summed E-state index contributed by atoms with van der Waals surface area (Å²) in [6.07, 6.45) is 0. The lowest BCUT2D eigenvalue weighted by atomic mass is 10.0. The topological polar surface area (TPSA) is 50.4 Å². The van der Waals surface area contributed by atoms with Crippen LogP contribution in [0, 0.1) is 0 Å². The Labute approximate surface area is 153 Å². The maximum atomic E-state index is 12.7. The minimum atomic E-state index is -0.421. The molecule has 0 saturated carbocycles. The monoisotopic (exact) mass is 346 g/mol. The second-order valence-electron chi connectivity index (χ2n) is 5.97. The van der Waals surface area contributed by atoms with Gasteiger partial charge >= 0.3 is 0 Å². The van der Waals surface area contributed by atoms with Gasteiger partial charge in [0.2, 0.25) is 5.91 Å². The van der Waals surface area contributed by atoms with Crippen molar-refractivity contribution in [3.05, 3.63) is 78.9 Å². The van der Waals surface area contributed by atoms with E-state index < -0.39 is 6.04 Å². The van der Waals surface area contributed by atoms with Gasteiger partial charge < -0.3 is 15.4 Å². The first-order valence-electron chi connectivity index (χ1n) is 8.54. The maximum Gasteiger partial charge on any atom is 0.246 e. The summed E-state index contributed by atoms with van der Waals surface area (Å²) in [4.78, 5) is 12.7. The van der Waals surface area contributed by atoms with Gasteiger partial charge in [0.05, 0.1) is 12.8 Å². The molecule has 3 aromatic carbocycles. The van der Waals surface area contributed by atoms with Crippen LogP contribution in [0.4, 0.5) is 11.4 Å². The molecule has 3 rings (SSSR count). The van der Waals surface area contributed by atoms with Crippen LogP contribution in [0.25, 0.3) is 11.1 Å². The normalized spacial score (nSPS) is 11.5. The lowest BCUT2D eigenvalue weighted by molar-refractivity contribution is -0.116. The van der Waals surface area contributed by atoms with Gasteiger partial charge in [0.1, 0.15) is 11.8 Å². The summed E-state index contributed by atoms with van der Waals surface area (Å²) in [5, 5.41) is 6.23. The predicted molar refractivity (Wildman–Crippen MR) is 107 cm³/mol. The van der Waals surface area contributed by atoms with Crippen LogP contribution in [0.3, 0.4) is 0 Å². The number of carbonyl (C=O) groups is 1. The molecule has 1 atom stereocenters. The van der Waals surface area contributed by atoms with E-state index in [2.05, 4.69) is 10.6 Å². The molecule has 0 fully saturated rings. The zero-order valence-corrected chi connectivity index (χ0v) is 14.9. The number of ether oxygens (including phenoxy) is 1. The maximum absolute atomic E-state index is 12.7. The number of nitrogens with one attached hydrogen (secondary N) is 2. The molecule has 132 valence electrons. The van der Waals surface area contributed by atoms with E-state index in [1.54, 1.807) is 7.11 Å². The third-order valence-electron chi connectivity index (χ3n) is 4.14. The highest BCUT2D eigenvalue weighted by Gasteiger charge is 2.16. The Morgan fingerprint density at radius 1 is 0.846 bits per heavy atom. The van der Waals surface area contributed by atoms with Crippen LogP contribution in [-0.2, 0) is 4.79 Å². The SMILES string of the molecule is COc1ccccc1N[C@@H](C)C(=O)Nc1ccccc1-c1ccccc1. The molecule has 0 heterocycles. The number of rotatable bonds is 6. The first kappa shape index (κ1) is 17.5. The van der Waals surface area contributed by atoms with Gasteiger partial charge in [-0.05, 0) is 30.7 Å². The van der Waals surface area contributed by atoms with E-state index in [-0.39, 0.29) is 5.91 Å². The molecule has 1 amide bonds. The quantitative estimate of drug-likeness (QED) is 0.674. The minimum Gasteiger partial charge on any atom is -0.495 e. The molecule has 0 radical (unpaired) electrons. The van der Waals surface area contributed by atoms with Crippen LogP contribution in [-0.4, -0.2) is 19.1 Å². The summed E-state index contributed by atoms with van der Waals surface area (Å²) >= 11 is 0. The molecule has 4 nitrogen and oxygen atoms in total. The number of anilines is 2. The Bertz CT molecular complexity index is 878. The molecule has 26 heavy (non-hydrogen) atoms. The fourth-order valence-electron chi connectivity index (χ4n) is 2.77. The average molecular weight is 346 g/mol. The largest absolute Gasteiger partial charge is 0.495 e. The number of amides is 1. The molecule has 0 aromatic heterocycles. The van der Waals surface area contributed by atoms with Gasteiger partial charge in [-0.2, -0.15) is 0 Å². The van der Waals surface area contributed by atoms with E-state index in [0.29, 0.717) is 5.75 Å². The first-order chi connectivity index (χ1) is 12.7. The fourth-order valence-corrected chi connectivity index (χ4v) is 2.77. The zero-order chi connectivity index (χ0) is 18.4. The Hall–Kier alpha value is -3.27. The third kappa shape index (κ3) is 4.03. The molecule has 0 aliphatic carbocycles. The second-order valence-corrected chi connectivity index (χ2v) is 5.97. The summed E-state index contributed by atoms with van der Waals surface area (Å²) in [7, 11) is 1.61. The van der Waals surface area contributed by atoms with Gasteiger partial charge in [-0.25, -0.2) is 0 Å². The van der Waals surface area contributed by atoms with Crippen LogP contribution in [0.1, 0.15) is 6.92 Å². The van der Waals surface area contributed by atoms with E-state index in [1.807, 2.05) is 85.8 Å². The number of hydrogen-bond donors (Lipinski definition) is 2. The smallest absolute Gasteiger partial charge is 0.246 e. The summed E-state index contributed by atoms with van der Waals surface area (Å²) in [6.45, 7) is 1.83. The van der Waals surface area contributed by atoms with Crippen molar-refractivity contribution in [3.8, 4) is 16.9 Å². The summed E-state index contributed by atoms with van der Waals surface area (Å²) < 4.78 is 5.33. The molecule has 0 bridgehead atoms. The highest BCUT2D eigenvalue weighted by molar-refractivity contribution is 5.99. The predicted octanol–water partition coefficient (Wildman–Crippen LogP) is 4.80. The van der Waals surface area contributed by atoms with Crippen molar-refractivity contribution in [1.82, 2.24) is 0 Å². The number of carbonyl (C=O) groups excluding carboxylic acids is 1. The number of benzene rings is 3. The van der Waals surface area contributed by atoms with E-state index in [1.165, 1.54) is 0 Å². The molecule has 0 aliphatic heterocycles. The number of hydrogen-bond acceptors (Lipinski definition) is 3. The highest BCUT2D eigenvalue weighted by Crippen LogP contribution is 2.28. The lowest BCUT2D eigenvalue weighted by Crippen LogP contribution is -2.32. The van der Waals surface area contributed by atoms with Gasteiger partial charge in [-0.1, -0.05) is 60.7 Å². The van der Waals surface area contributed by atoms with Crippen LogP contribution in [0.15, 0.2) is 78.9 Å². The standard InChI is InChI=1S/C22H22N2O2/c1-16(23-20-14-8-9-15-21(20)26-2)22(25)24-19-13-7-6-12-18(19)17-10-4-3-5-11-17/h3-16,23H,1-2H3,(H,24,25)/t16-/m0/s1. The van der Waals surface area contributed by atoms with Gasteiger partial charge in [-0.3, -0.25) is 4.79 Å². The number of methoxy groups -OCH3 is 1. The van der Waals surface area contributed by atoms with Crippen LogP contribution >= 0.6 is 0 Å². The molecule has 4 heteroatoms. The van der Waals surface area contributed by atoms with Crippen LogP contribution < -0.4 is 15.4 Å². The van der Waals surface area contributed by atoms with Gasteiger partial charge in [-0.15, -0.1) is 0 Å². The molecule has 0 aliphatic rings. The van der Waals surface area contributed by atoms with Crippen LogP contribution in [0.2, 0.25) is 0 Å². The minimum absolute atomic E-state index is 0.112. The summed E-state index contributed by atoms with van der Waals surface area (Å²) in [5.41, 5.74) is 3.63. The zero-order valence-electron chi connectivity index (χ0n) is 14.9. The third-order valence-corrected chi connectivity index (χ3v) is 4.14. The van der Waals surface area contributed by atoms with Gasteiger partial charge in [0.25, 0.3) is 0 Å². The fraction of sp³-hybridized carbons (Fsp3) is 0.136. The van der Waals surface area contributed by atoms with Crippen molar-refractivity contribution in [2.24, 2.45) is 0 Å². The van der Waals surface area contributed by atoms with E-state index >= 15 is 0 Å². The summed E-state index contributed by atoms with van der Waals surface area (Å²) in [6, 6.07) is 24.9. The molecule has 2 N–H and O–H groups in total. The highest BCUT2D eigenvalue weighted by atomic mass is 16.5. The first-order valence-corrected chi connectivity index (χ1v) is 8.54. The van der Waals surface area contributed by atoms with Crippen molar-refractivity contribution in [2.45, 2.75) is 13.0 Å². The molecule has 3 aromatic rings. The van der Waals surface area contributed by atoms with Crippen molar-refractivity contribution in [3.63, 3.8) is 0 Å². The van der Waals surface area contributed by atoms with Gasteiger partial charge in [0.15, 0.2) is 0 Å². The molecule has 0 spiro atoms. The average Bonchev–Trinajstić information content (AvgIpc) is 2.69. The Kier molecular flexibility index (Phi) is 5.54. The van der Waals surface area contributed by atoms with E-state index in [0.717, 1.165) is 22.5 Å². The van der Waals surface area contributed by atoms with Crippen molar-refractivity contribution >= 4 is 17.3 Å². The summed E-state index contributed by atoms with van der Waals surface area (Å²) in [5.74, 6) is 0.594. The lowest BCUT2D eigenvalue weighted by Gasteiger charge is -2.18. The molecule has 0 unspecified atom stereocenters. The Morgan fingerprint density at radius 3 is 2.19 bits per heavy atom. The van der Waals surface area contributed by atoms with E-state index in [9.17, 15) is 4.79 Å². The molecule has 0 saturated heterocycles. The molecular formula is C22H22N2O2. The Balaban J connectivity index is 1.76. The number of para-hydroxylation sites is 3.